The van der Waals surface area contributed by atoms with Crippen LogP contribution in [0.1, 0.15) is 6.92 Å². The molecule has 0 saturated heterocycles. The zero-order valence-electron chi connectivity index (χ0n) is 7.74. The number of rotatable bonds is 6. The monoisotopic (exact) mass is 189 g/mol. The normalized spacial score (nSPS) is 12.7. The Bertz CT molecular complexity index is 155. The van der Waals surface area contributed by atoms with E-state index in [4.69, 9.17) is 8.85 Å². The number of nitrogens with zero attached hydrogens (tertiary/aromatic N) is 1. The quantitative estimate of drug-likeness (QED) is 0.347. The molecule has 0 spiro atoms. The largest absolute Gasteiger partial charge is 0.400 e. The fourth-order valence-corrected chi connectivity index (χ4v) is 2.27. The number of hydrogen-bond donors (Lipinski definition) is 0. The molecule has 0 aliphatic carbocycles. The van der Waals surface area contributed by atoms with Gasteiger partial charge >= 0.3 is 9.28 Å². The maximum Gasteiger partial charge on any atom is 0.321 e. The van der Waals surface area contributed by atoms with E-state index in [0.29, 0.717) is 12.5 Å². The van der Waals surface area contributed by atoms with Crippen molar-refractivity contribution >= 4 is 15.4 Å². The molecule has 5 heteroatoms. The Morgan fingerprint density at radius 2 is 2.08 bits per heavy atom. The van der Waals surface area contributed by atoms with E-state index in [9.17, 15) is 4.79 Å². The van der Waals surface area contributed by atoms with Crippen LogP contribution in [-0.2, 0) is 13.6 Å². The van der Waals surface area contributed by atoms with Crippen LogP contribution in [0.5, 0.6) is 0 Å². The molecule has 0 aromatic heterocycles. The first-order valence-corrected chi connectivity index (χ1v) is 5.59. The number of aliphatic imine (C=N–C) groups is 1. The highest BCUT2D eigenvalue weighted by Gasteiger charge is 2.13. The van der Waals surface area contributed by atoms with Gasteiger partial charge in [0.1, 0.15) is 0 Å². The minimum absolute atomic E-state index is 0.336. The molecular formula is C7H15NO3Si. The first-order valence-electron chi connectivity index (χ1n) is 3.83. The minimum Gasteiger partial charge on any atom is -0.400 e. The van der Waals surface area contributed by atoms with Gasteiger partial charge in [-0.3, -0.25) is 0 Å². The molecule has 70 valence electrons. The molecule has 0 aromatic carbocycles. The van der Waals surface area contributed by atoms with Crippen molar-refractivity contribution in [1.29, 1.82) is 0 Å². The fourth-order valence-electron chi connectivity index (χ4n) is 0.885. The number of hydrogen-bond acceptors (Lipinski definition) is 4. The van der Waals surface area contributed by atoms with Gasteiger partial charge in [-0.05, 0) is 12.0 Å². The average Bonchev–Trinajstić information content (AvgIpc) is 2.10. The molecule has 0 aliphatic rings. The van der Waals surface area contributed by atoms with Gasteiger partial charge < -0.3 is 8.85 Å². The SMILES string of the molecule is CO[SiH](CC(C)CN=C=O)OC. The van der Waals surface area contributed by atoms with Crippen LogP contribution in [0.2, 0.25) is 6.04 Å². The van der Waals surface area contributed by atoms with Crippen LogP contribution in [0.3, 0.4) is 0 Å². The van der Waals surface area contributed by atoms with Gasteiger partial charge in [-0.2, -0.15) is 0 Å². The fraction of sp³-hybridized carbons (Fsp3) is 0.857. The summed E-state index contributed by atoms with van der Waals surface area (Å²) < 4.78 is 10.3. The second-order valence-corrected chi connectivity index (χ2v) is 4.95. The predicted molar refractivity (Wildman–Crippen MR) is 48.1 cm³/mol. The van der Waals surface area contributed by atoms with E-state index in [2.05, 4.69) is 4.99 Å². The van der Waals surface area contributed by atoms with Gasteiger partial charge in [0.2, 0.25) is 6.08 Å². The van der Waals surface area contributed by atoms with Gasteiger partial charge in [-0.1, -0.05) is 6.92 Å². The third kappa shape index (κ3) is 5.20. The minimum atomic E-state index is -1.48. The van der Waals surface area contributed by atoms with Gasteiger partial charge in [0, 0.05) is 14.2 Å². The highest BCUT2D eigenvalue weighted by Crippen LogP contribution is 2.07. The van der Waals surface area contributed by atoms with Gasteiger partial charge in [-0.15, -0.1) is 0 Å². The maximum atomic E-state index is 9.79. The van der Waals surface area contributed by atoms with Crippen molar-refractivity contribution in [2.45, 2.75) is 13.0 Å². The van der Waals surface area contributed by atoms with E-state index in [1.54, 1.807) is 14.2 Å². The van der Waals surface area contributed by atoms with Crippen molar-refractivity contribution in [3.63, 3.8) is 0 Å². The summed E-state index contributed by atoms with van der Waals surface area (Å²) in [6.07, 6.45) is 1.52. The Hall–Kier alpha value is -0.483. The molecular weight excluding hydrogens is 174 g/mol. The van der Waals surface area contributed by atoms with Crippen LogP contribution in [0.25, 0.3) is 0 Å². The molecule has 0 amide bonds. The van der Waals surface area contributed by atoms with Crippen LogP contribution >= 0.6 is 0 Å². The Morgan fingerprint density at radius 3 is 2.50 bits per heavy atom. The van der Waals surface area contributed by atoms with E-state index in [0.717, 1.165) is 6.04 Å². The van der Waals surface area contributed by atoms with E-state index >= 15 is 0 Å². The topological polar surface area (TPSA) is 47.9 Å². The zero-order valence-corrected chi connectivity index (χ0v) is 8.90. The first kappa shape index (κ1) is 11.5. The van der Waals surface area contributed by atoms with Crippen molar-refractivity contribution in [3.8, 4) is 0 Å². The van der Waals surface area contributed by atoms with Crippen LogP contribution in [-0.4, -0.2) is 36.1 Å². The summed E-state index contributed by atoms with van der Waals surface area (Å²) in [7, 11) is 1.82. The van der Waals surface area contributed by atoms with Gasteiger partial charge in [-0.25, -0.2) is 9.79 Å². The van der Waals surface area contributed by atoms with E-state index in [-0.39, 0.29) is 0 Å². The molecule has 0 heterocycles. The second-order valence-electron chi connectivity index (χ2n) is 2.67. The highest BCUT2D eigenvalue weighted by molar-refractivity contribution is 6.44. The number of carbonyl (C=O) groups excluding carboxylic acids is 1. The van der Waals surface area contributed by atoms with Crippen molar-refractivity contribution < 1.29 is 13.6 Å². The summed E-state index contributed by atoms with van der Waals surface area (Å²) in [5.74, 6) is 0.336. The summed E-state index contributed by atoms with van der Waals surface area (Å²) in [5.41, 5.74) is 0. The Kier molecular flexibility index (Phi) is 6.89. The summed E-state index contributed by atoms with van der Waals surface area (Å²) in [4.78, 5) is 13.3. The van der Waals surface area contributed by atoms with E-state index < -0.39 is 9.28 Å². The first-order chi connectivity index (χ1) is 5.74. The van der Waals surface area contributed by atoms with Gasteiger partial charge in [0.15, 0.2) is 0 Å². The molecule has 4 nitrogen and oxygen atoms in total. The maximum absolute atomic E-state index is 9.79. The third-order valence-electron chi connectivity index (χ3n) is 1.59. The summed E-state index contributed by atoms with van der Waals surface area (Å²) >= 11 is 0. The van der Waals surface area contributed by atoms with E-state index in [1.807, 2.05) is 6.92 Å². The lowest BCUT2D eigenvalue weighted by Gasteiger charge is -2.13. The van der Waals surface area contributed by atoms with Crippen molar-refractivity contribution in [1.82, 2.24) is 0 Å². The second kappa shape index (κ2) is 7.18. The van der Waals surface area contributed by atoms with Crippen LogP contribution in [0, 0.1) is 5.92 Å². The molecule has 0 saturated carbocycles. The molecule has 0 N–H and O–H groups in total. The van der Waals surface area contributed by atoms with Crippen LogP contribution in [0.4, 0.5) is 0 Å². The third-order valence-corrected chi connectivity index (χ3v) is 3.83. The zero-order chi connectivity index (χ0) is 9.40. The molecule has 0 bridgehead atoms. The molecule has 0 radical (unpaired) electrons. The van der Waals surface area contributed by atoms with Crippen molar-refractivity contribution in [2.75, 3.05) is 20.8 Å². The summed E-state index contributed by atoms with van der Waals surface area (Å²) in [5, 5.41) is 0. The predicted octanol–water partition coefficient (Wildman–Crippen LogP) is 0.472. The lowest BCUT2D eigenvalue weighted by atomic mass is 10.2. The molecule has 0 fully saturated rings. The number of isocyanates is 1. The standard InChI is InChI=1S/C7H15NO3Si/c1-7(4-8-6-9)5-12(10-2)11-3/h7,12H,4-5H2,1-3H3. The molecule has 0 rings (SSSR count). The van der Waals surface area contributed by atoms with Gasteiger partial charge in [0.05, 0.1) is 6.54 Å². The van der Waals surface area contributed by atoms with Crippen molar-refractivity contribution in [2.24, 2.45) is 10.9 Å². The Morgan fingerprint density at radius 1 is 1.50 bits per heavy atom. The molecule has 0 aliphatic heterocycles. The lowest BCUT2D eigenvalue weighted by Crippen LogP contribution is -2.22. The van der Waals surface area contributed by atoms with Crippen molar-refractivity contribution in [3.05, 3.63) is 0 Å². The Labute approximate surface area is 74.4 Å². The van der Waals surface area contributed by atoms with E-state index in [1.165, 1.54) is 6.08 Å². The van der Waals surface area contributed by atoms with Gasteiger partial charge in [0.25, 0.3) is 0 Å². The summed E-state index contributed by atoms with van der Waals surface area (Å²) in [6.45, 7) is 2.53. The average molecular weight is 189 g/mol. The van der Waals surface area contributed by atoms with Crippen LogP contribution < -0.4 is 0 Å². The highest BCUT2D eigenvalue weighted by atomic mass is 28.3. The summed E-state index contributed by atoms with van der Waals surface area (Å²) in [6, 6.07) is 0.873. The molecule has 1 atom stereocenters. The molecule has 1 unspecified atom stereocenters. The van der Waals surface area contributed by atoms with Crippen LogP contribution in [0.15, 0.2) is 4.99 Å². The smallest absolute Gasteiger partial charge is 0.321 e. The Balaban J connectivity index is 3.64. The molecule has 12 heavy (non-hydrogen) atoms. The lowest BCUT2D eigenvalue weighted by molar-refractivity contribution is 0.271. The molecule has 0 aromatic rings.